The molecule has 0 saturated heterocycles. The van der Waals surface area contributed by atoms with Crippen LogP contribution < -0.4 is 11.1 Å². The predicted molar refractivity (Wildman–Crippen MR) is 70.3 cm³/mol. The lowest BCUT2D eigenvalue weighted by Gasteiger charge is -2.08. The lowest BCUT2D eigenvalue weighted by atomic mass is 10.0. The molecule has 17 heavy (non-hydrogen) atoms. The summed E-state index contributed by atoms with van der Waals surface area (Å²) in [6, 6.07) is 8.25. The number of rotatable bonds is 3. The fourth-order valence-corrected chi connectivity index (χ4v) is 1.48. The van der Waals surface area contributed by atoms with Crippen LogP contribution in [-0.4, -0.2) is 9.97 Å². The van der Waals surface area contributed by atoms with Crippen molar-refractivity contribution < 1.29 is 0 Å². The first-order chi connectivity index (χ1) is 8.15. The quantitative estimate of drug-likeness (QED) is 0.847. The van der Waals surface area contributed by atoms with E-state index in [1.165, 1.54) is 5.56 Å². The fraction of sp³-hybridized carbons (Fsp3) is 0.231. The Morgan fingerprint density at radius 1 is 1.06 bits per heavy atom. The van der Waals surface area contributed by atoms with Crippen molar-refractivity contribution in [1.82, 2.24) is 9.97 Å². The number of anilines is 3. The highest BCUT2D eigenvalue weighted by Crippen LogP contribution is 2.18. The predicted octanol–water partition coefficient (Wildman–Crippen LogP) is 2.93. The van der Waals surface area contributed by atoms with E-state index < -0.39 is 0 Å². The maximum atomic E-state index is 5.52. The van der Waals surface area contributed by atoms with Crippen molar-refractivity contribution >= 4 is 17.3 Å². The van der Waals surface area contributed by atoms with Crippen LogP contribution in [0.2, 0.25) is 0 Å². The lowest BCUT2D eigenvalue weighted by Crippen LogP contribution is -1.98. The molecule has 4 heteroatoms. The standard InChI is InChI=1S/C13H16N4/c1-9(2)10-3-5-12(6-4-10)17-13-15-7-11(14)8-16-13/h3-9H,14H2,1-2H3,(H,15,16,17). The van der Waals surface area contributed by atoms with Crippen molar-refractivity contribution in [1.29, 1.82) is 0 Å². The molecule has 0 radical (unpaired) electrons. The zero-order valence-corrected chi connectivity index (χ0v) is 10.0. The number of aromatic nitrogens is 2. The molecule has 0 atom stereocenters. The van der Waals surface area contributed by atoms with Crippen LogP contribution >= 0.6 is 0 Å². The number of nitrogens with zero attached hydrogens (tertiary/aromatic N) is 2. The van der Waals surface area contributed by atoms with Crippen molar-refractivity contribution in [2.45, 2.75) is 19.8 Å². The molecule has 2 aromatic rings. The highest BCUT2D eigenvalue weighted by Gasteiger charge is 2.00. The number of benzene rings is 1. The van der Waals surface area contributed by atoms with Crippen LogP contribution in [-0.2, 0) is 0 Å². The Labute approximate surface area is 101 Å². The van der Waals surface area contributed by atoms with E-state index in [1.807, 2.05) is 12.1 Å². The molecule has 3 N–H and O–H groups in total. The zero-order chi connectivity index (χ0) is 12.3. The average Bonchev–Trinajstić information content (AvgIpc) is 2.33. The average molecular weight is 228 g/mol. The maximum absolute atomic E-state index is 5.52. The summed E-state index contributed by atoms with van der Waals surface area (Å²) in [6.07, 6.45) is 3.16. The summed E-state index contributed by atoms with van der Waals surface area (Å²) in [5, 5.41) is 3.12. The van der Waals surface area contributed by atoms with Crippen LogP contribution in [0.15, 0.2) is 36.7 Å². The minimum atomic E-state index is 0.539. The monoisotopic (exact) mass is 228 g/mol. The third kappa shape index (κ3) is 2.93. The molecule has 4 nitrogen and oxygen atoms in total. The largest absolute Gasteiger partial charge is 0.396 e. The normalized spacial score (nSPS) is 10.5. The number of nitrogen functional groups attached to an aromatic ring is 1. The van der Waals surface area contributed by atoms with Gasteiger partial charge in [-0.1, -0.05) is 26.0 Å². The van der Waals surface area contributed by atoms with Gasteiger partial charge in [0.05, 0.1) is 18.1 Å². The molecule has 0 aliphatic rings. The number of hydrogen-bond acceptors (Lipinski definition) is 4. The Kier molecular flexibility index (Phi) is 3.23. The van der Waals surface area contributed by atoms with Crippen molar-refractivity contribution in [3.05, 3.63) is 42.2 Å². The Balaban J connectivity index is 2.11. The van der Waals surface area contributed by atoms with Crippen molar-refractivity contribution in [3.8, 4) is 0 Å². The maximum Gasteiger partial charge on any atom is 0.227 e. The van der Waals surface area contributed by atoms with Crippen LogP contribution in [0.3, 0.4) is 0 Å². The number of nitrogens with one attached hydrogen (secondary N) is 1. The Morgan fingerprint density at radius 2 is 1.65 bits per heavy atom. The summed E-state index contributed by atoms with van der Waals surface area (Å²) >= 11 is 0. The van der Waals surface area contributed by atoms with Gasteiger partial charge >= 0.3 is 0 Å². The molecule has 0 spiro atoms. The Morgan fingerprint density at radius 3 is 2.18 bits per heavy atom. The number of nitrogens with two attached hydrogens (primary N) is 1. The second-order valence-electron chi connectivity index (χ2n) is 4.24. The summed E-state index contributed by atoms with van der Waals surface area (Å²) in [6.45, 7) is 4.34. The van der Waals surface area contributed by atoms with Crippen molar-refractivity contribution in [3.63, 3.8) is 0 Å². The van der Waals surface area contributed by atoms with Crippen molar-refractivity contribution in [2.75, 3.05) is 11.1 Å². The van der Waals surface area contributed by atoms with Gasteiger partial charge in [-0.05, 0) is 23.6 Å². The van der Waals surface area contributed by atoms with E-state index in [2.05, 4.69) is 41.3 Å². The van der Waals surface area contributed by atoms with E-state index in [1.54, 1.807) is 12.4 Å². The van der Waals surface area contributed by atoms with Crippen LogP contribution in [0.5, 0.6) is 0 Å². The molecule has 0 fully saturated rings. The molecule has 1 aromatic carbocycles. The molecule has 0 bridgehead atoms. The third-order valence-electron chi connectivity index (χ3n) is 2.51. The van der Waals surface area contributed by atoms with E-state index >= 15 is 0 Å². The molecular formula is C13H16N4. The van der Waals surface area contributed by atoms with Gasteiger partial charge in [0.15, 0.2) is 0 Å². The molecule has 0 aliphatic carbocycles. The van der Waals surface area contributed by atoms with E-state index in [0.717, 1.165) is 5.69 Å². The van der Waals surface area contributed by atoms with Gasteiger partial charge in [-0.15, -0.1) is 0 Å². The zero-order valence-electron chi connectivity index (χ0n) is 10.0. The minimum absolute atomic E-state index is 0.539. The first kappa shape index (κ1) is 11.4. The molecule has 1 aromatic heterocycles. The van der Waals surface area contributed by atoms with Crippen molar-refractivity contribution in [2.24, 2.45) is 0 Å². The third-order valence-corrected chi connectivity index (χ3v) is 2.51. The lowest BCUT2D eigenvalue weighted by molar-refractivity contribution is 0.867. The van der Waals surface area contributed by atoms with Gasteiger partial charge in [0.25, 0.3) is 0 Å². The fourth-order valence-electron chi connectivity index (χ4n) is 1.48. The molecule has 1 heterocycles. The Hall–Kier alpha value is -2.10. The Bertz CT molecular complexity index is 474. The van der Waals surface area contributed by atoms with E-state index in [-0.39, 0.29) is 0 Å². The second-order valence-corrected chi connectivity index (χ2v) is 4.24. The van der Waals surface area contributed by atoms with Crippen LogP contribution in [0.1, 0.15) is 25.3 Å². The second kappa shape index (κ2) is 4.82. The van der Waals surface area contributed by atoms with Gasteiger partial charge < -0.3 is 11.1 Å². The first-order valence-electron chi connectivity index (χ1n) is 5.59. The van der Waals surface area contributed by atoms with Crippen LogP contribution in [0.4, 0.5) is 17.3 Å². The molecular weight excluding hydrogens is 212 g/mol. The molecule has 0 unspecified atom stereocenters. The molecule has 0 amide bonds. The van der Waals surface area contributed by atoms with Crippen LogP contribution in [0.25, 0.3) is 0 Å². The van der Waals surface area contributed by atoms with Gasteiger partial charge in [-0.25, -0.2) is 9.97 Å². The number of hydrogen-bond donors (Lipinski definition) is 2. The van der Waals surface area contributed by atoms with E-state index in [9.17, 15) is 0 Å². The summed E-state index contributed by atoms with van der Waals surface area (Å²) in [4.78, 5) is 8.17. The molecule has 2 rings (SSSR count). The summed E-state index contributed by atoms with van der Waals surface area (Å²) in [5.41, 5.74) is 8.37. The first-order valence-corrected chi connectivity index (χ1v) is 5.59. The van der Waals surface area contributed by atoms with Gasteiger partial charge in [0, 0.05) is 5.69 Å². The summed E-state index contributed by atoms with van der Waals surface area (Å²) in [5.74, 6) is 1.09. The summed E-state index contributed by atoms with van der Waals surface area (Å²) < 4.78 is 0. The smallest absolute Gasteiger partial charge is 0.227 e. The van der Waals surface area contributed by atoms with Gasteiger partial charge in [-0.2, -0.15) is 0 Å². The van der Waals surface area contributed by atoms with E-state index in [0.29, 0.717) is 17.6 Å². The molecule has 0 aliphatic heterocycles. The van der Waals surface area contributed by atoms with Gasteiger partial charge in [0.1, 0.15) is 0 Å². The topological polar surface area (TPSA) is 63.8 Å². The molecule has 0 saturated carbocycles. The van der Waals surface area contributed by atoms with Gasteiger partial charge in [-0.3, -0.25) is 0 Å². The minimum Gasteiger partial charge on any atom is -0.396 e. The molecule has 88 valence electrons. The van der Waals surface area contributed by atoms with E-state index in [4.69, 9.17) is 5.73 Å². The van der Waals surface area contributed by atoms with Crippen LogP contribution in [0, 0.1) is 0 Å². The highest BCUT2D eigenvalue weighted by atomic mass is 15.1. The van der Waals surface area contributed by atoms with Gasteiger partial charge in [0.2, 0.25) is 5.95 Å². The SMILES string of the molecule is CC(C)c1ccc(Nc2ncc(N)cn2)cc1. The summed E-state index contributed by atoms with van der Waals surface area (Å²) in [7, 11) is 0. The highest BCUT2D eigenvalue weighted by molar-refractivity contribution is 5.54.